The van der Waals surface area contributed by atoms with Crippen LogP contribution in [0.15, 0.2) is 42.7 Å². The summed E-state index contributed by atoms with van der Waals surface area (Å²) in [5.41, 5.74) is 4.76. The maximum atomic E-state index is 4.69. The zero-order chi connectivity index (χ0) is 16.0. The predicted octanol–water partition coefficient (Wildman–Crippen LogP) is 3.41. The number of H-pyrrole nitrogens is 1. The van der Waals surface area contributed by atoms with Crippen LogP contribution in [0.25, 0.3) is 33.8 Å². The summed E-state index contributed by atoms with van der Waals surface area (Å²) >= 11 is 0. The summed E-state index contributed by atoms with van der Waals surface area (Å²) in [7, 11) is 1.91. The zero-order valence-electron chi connectivity index (χ0n) is 13.4. The molecule has 116 valence electrons. The third-order valence-electron chi connectivity index (χ3n) is 3.93. The van der Waals surface area contributed by atoms with E-state index in [0.29, 0.717) is 6.04 Å². The minimum atomic E-state index is 0.328. The van der Waals surface area contributed by atoms with Crippen LogP contribution < -0.4 is 0 Å². The van der Waals surface area contributed by atoms with Gasteiger partial charge in [0.2, 0.25) is 0 Å². The van der Waals surface area contributed by atoms with E-state index >= 15 is 0 Å². The molecule has 23 heavy (non-hydrogen) atoms. The summed E-state index contributed by atoms with van der Waals surface area (Å²) in [6.45, 7) is 4.21. The first kappa shape index (κ1) is 13.8. The third-order valence-corrected chi connectivity index (χ3v) is 3.93. The average molecular weight is 306 g/mol. The summed E-state index contributed by atoms with van der Waals surface area (Å²) in [6.07, 6.45) is 3.85. The van der Waals surface area contributed by atoms with Crippen molar-refractivity contribution < 1.29 is 0 Å². The number of rotatable bonds is 3. The fraction of sp³-hybridized carbons (Fsp3) is 0.235. The lowest BCUT2D eigenvalue weighted by Gasteiger charge is -2.02. The molecule has 1 N–H and O–H groups in total. The van der Waals surface area contributed by atoms with Gasteiger partial charge < -0.3 is 4.98 Å². The van der Waals surface area contributed by atoms with Crippen molar-refractivity contribution in [2.24, 2.45) is 7.05 Å². The molecular formula is C17H18N6. The second-order valence-electron chi connectivity index (χ2n) is 5.93. The van der Waals surface area contributed by atoms with Crippen molar-refractivity contribution in [3.05, 3.63) is 42.7 Å². The first-order chi connectivity index (χ1) is 11.1. The Morgan fingerprint density at radius 3 is 2.57 bits per heavy atom. The second-order valence-corrected chi connectivity index (χ2v) is 5.93. The van der Waals surface area contributed by atoms with E-state index in [4.69, 9.17) is 4.98 Å². The Balaban J connectivity index is 1.85. The van der Waals surface area contributed by atoms with Gasteiger partial charge in [0.05, 0.1) is 11.8 Å². The number of nitrogens with zero attached hydrogens (tertiary/aromatic N) is 5. The molecule has 4 aromatic rings. The van der Waals surface area contributed by atoms with E-state index in [1.54, 1.807) is 0 Å². The number of hydrogen-bond acceptors (Lipinski definition) is 3. The highest BCUT2D eigenvalue weighted by molar-refractivity contribution is 5.90. The van der Waals surface area contributed by atoms with Crippen molar-refractivity contribution in [2.75, 3.05) is 0 Å². The van der Waals surface area contributed by atoms with Gasteiger partial charge in [-0.2, -0.15) is 10.2 Å². The second kappa shape index (κ2) is 5.08. The minimum absolute atomic E-state index is 0.328. The van der Waals surface area contributed by atoms with Crippen LogP contribution in [0.1, 0.15) is 19.9 Å². The highest BCUT2D eigenvalue weighted by Gasteiger charge is 2.17. The minimum Gasteiger partial charge on any atom is -0.335 e. The Hall–Kier alpha value is -2.89. The fourth-order valence-electron chi connectivity index (χ4n) is 2.69. The molecule has 6 heteroatoms. The van der Waals surface area contributed by atoms with Crippen molar-refractivity contribution in [3.63, 3.8) is 0 Å². The number of aryl methyl sites for hydroxylation is 1. The van der Waals surface area contributed by atoms with Gasteiger partial charge in [0, 0.05) is 24.8 Å². The molecule has 0 bridgehead atoms. The number of fused-ring (bicyclic) bond motifs is 1. The van der Waals surface area contributed by atoms with Gasteiger partial charge in [-0.1, -0.05) is 30.3 Å². The van der Waals surface area contributed by atoms with Gasteiger partial charge in [0.1, 0.15) is 17.0 Å². The maximum absolute atomic E-state index is 4.69. The first-order valence-corrected chi connectivity index (χ1v) is 7.66. The Kier molecular flexibility index (Phi) is 3.04. The van der Waals surface area contributed by atoms with Crippen molar-refractivity contribution >= 4 is 11.2 Å². The molecule has 1 aromatic carbocycles. The van der Waals surface area contributed by atoms with E-state index in [9.17, 15) is 0 Å². The smallest absolute Gasteiger partial charge is 0.177 e. The molecule has 0 atom stereocenters. The Bertz CT molecular complexity index is 958. The highest BCUT2D eigenvalue weighted by Crippen LogP contribution is 2.28. The topological polar surface area (TPSA) is 64.3 Å². The van der Waals surface area contributed by atoms with Crippen molar-refractivity contribution in [2.45, 2.75) is 19.9 Å². The Labute approximate surface area is 133 Å². The standard InChI is InChI=1S/C17H18N6/c1-11(2)23-10-13(9-18-23)16-19-15-14(12-7-5-4-6-8-12)21-22(3)17(15)20-16/h4-11H,1-3H3,(H,19,20). The average Bonchev–Trinajstić information content (AvgIpc) is 3.24. The molecule has 0 fully saturated rings. The zero-order valence-corrected chi connectivity index (χ0v) is 13.4. The molecule has 3 aromatic heterocycles. The SMILES string of the molecule is CC(C)n1cc(-c2nc3c([nH]2)c(-c2ccccc2)nn3C)cn1. The summed E-state index contributed by atoms with van der Waals surface area (Å²) in [6, 6.07) is 10.5. The molecule has 0 unspecified atom stereocenters. The first-order valence-electron chi connectivity index (χ1n) is 7.66. The number of imidazole rings is 1. The lowest BCUT2D eigenvalue weighted by atomic mass is 10.1. The van der Waals surface area contributed by atoms with Crippen LogP contribution in [0.5, 0.6) is 0 Å². The van der Waals surface area contributed by atoms with Crippen molar-refractivity contribution in [1.82, 2.24) is 29.5 Å². The molecule has 3 heterocycles. The van der Waals surface area contributed by atoms with Gasteiger partial charge in [-0.3, -0.25) is 4.68 Å². The highest BCUT2D eigenvalue weighted by atomic mass is 15.3. The summed E-state index contributed by atoms with van der Waals surface area (Å²) in [4.78, 5) is 8.10. The third kappa shape index (κ3) is 2.23. The fourth-order valence-corrected chi connectivity index (χ4v) is 2.69. The van der Waals surface area contributed by atoms with Gasteiger partial charge in [-0.05, 0) is 13.8 Å². The number of benzene rings is 1. The van der Waals surface area contributed by atoms with E-state index in [-0.39, 0.29) is 0 Å². The van der Waals surface area contributed by atoms with Crippen molar-refractivity contribution in [1.29, 1.82) is 0 Å². The molecular weight excluding hydrogens is 288 g/mol. The Morgan fingerprint density at radius 1 is 1.09 bits per heavy atom. The van der Waals surface area contributed by atoms with Crippen LogP contribution in [0.2, 0.25) is 0 Å². The summed E-state index contributed by atoms with van der Waals surface area (Å²) in [5.74, 6) is 0.817. The molecule has 6 nitrogen and oxygen atoms in total. The number of aromatic amines is 1. The summed E-state index contributed by atoms with van der Waals surface area (Å²) < 4.78 is 3.74. The van der Waals surface area contributed by atoms with Gasteiger partial charge in [-0.25, -0.2) is 9.67 Å². The van der Waals surface area contributed by atoms with Crippen LogP contribution in [-0.4, -0.2) is 29.5 Å². The molecule has 0 radical (unpaired) electrons. The van der Waals surface area contributed by atoms with Gasteiger partial charge in [0.15, 0.2) is 5.65 Å². The molecule has 0 amide bonds. The maximum Gasteiger partial charge on any atom is 0.177 e. The normalized spacial score (nSPS) is 11.7. The van der Waals surface area contributed by atoms with E-state index in [1.807, 2.05) is 47.0 Å². The molecule has 0 spiro atoms. The molecule has 4 rings (SSSR count). The van der Waals surface area contributed by atoms with E-state index in [0.717, 1.165) is 33.8 Å². The van der Waals surface area contributed by atoms with Crippen LogP contribution in [-0.2, 0) is 7.05 Å². The van der Waals surface area contributed by atoms with Crippen molar-refractivity contribution in [3.8, 4) is 22.6 Å². The molecule has 0 saturated carbocycles. The monoisotopic (exact) mass is 306 g/mol. The molecule has 0 aliphatic rings. The van der Waals surface area contributed by atoms with Crippen LogP contribution in [0, 0.1) is 0 Å². The van der Waals surface area contributed by atoms with E-state index in [1.165, 1.54) is 0 Å². The van der Waals surface area contributed by atoms with Crippen LogP contribution >= 0.6 is 0 Å². The molecule has 0 saturated heterocycles. The lowest BCUT2D eigenvalue weighted by Crippen LogP contribution is -1.99. The van der Waals surface area contributed by atoms with Gasteiger partial charge >= 0.3 is 0 Å². The van der Waals surface area contributed by atoms with E-state index in [2.05, 4.69) is 41.2 Å². The van der Waals surface area contributed by atoms with Gasteiger partial charge in [-0.15, -0.1) is 0 Å². The summed E-state index contributed by atoms with van der Waals surface area (Å²) in [5, 5.41) is 8.97. The quantitative estimate of drug-likeness (QED) is 0.631. The van der Waals surface area contributed by atoms with Gasteiger partial charge in [0.25, 0.3) is 0 Å². The van der Waals surface area contributed by atoms with Crippen LogP contribution in [0.4, 0.5) is 0 Å². The Morgan fingerprint density at radius 2 is 1.87 bits per heavy atom. The predicted molar refractivity (Wildman–Crippen MR) is 89.9 cm³/mol. The van der Waals surface area contributed by atoms with E-state index < -0.39 is 0 Å². The lowest BCUT2D eigenvalue weighted by molar-refractivity contribution is 0.532. The van der Waals surface area contributed by atoms with Crippen LogP contribution in [0.3, 0.4) is 0 Å². The molecule has 0 aliphatic carbocycles. The number of hydrogen-bond donors (Lipinski definition) is 1. The largest absolute Gasteiger partial charge is 0.335 e. The molecule has 0 aliphatic heterocycles. The number of nitrogens with one attached hydrogen (secondary N) is 1. The number of aromatic nitrogens is 6.